The van der Waals surface area contributed by atoms with Crippen LogP contribution in [0, 0.1) is 0 Å². The molecule has 0 aliphatic carbocycles. The molecular formula is C13H15ClN2O2. The van der Waals surface area contributed by atoms with Crippen LogP contribution in [0.2, 0.25) is 5.02 Å². The molecule has 1 aromatic heterocycles. The molecule has 2 aromatic rings. The fourth-order valence-electron chi connectivity index (χ4n) is 1.72. The van der Waals surface area contributed by atoms with Crippen LogP contribution < -0.4 is 0 Å². The monoisotopic (exact) mass is 266 g/mol. The molecule has 0 bridgehead atoms. The van der Waals surface area contributed by atoms with Gasteiger partial charge in [-0.3, -0.25) is 0 Å². The molecule has 4 nitrogen and oxygen atoms in total. The Morgan fingerprint density at radius 3 is 3.00 bits per heavy atom. The van der Waals surface area contributed by atoms with Crippen LogP contribution in [0.4, 0.5) is 0 Å². The summed E-state index contributed by atoms with van der Waals surface area (Å²) in [4.78, 5) is 4.25. The second-order valence-electron chi connectivity index (χ2n) is 4.17. The first-order chi connectivity index (χ1) is 8.69. The van der Waals surface area contributed by atoms with Crippen molar-refractivity contribution < 1.29 is 9.63 Å². The zero-order chi connectivity index (χ0) is 13.0. The lowest BCUT2D eigenvalue weighted by Gasteiger charge is -2.03. The summed E-state index contributed by atoms with van der Waals surface area (Å²) in [6, 6.07) is 7.26. The van der Waals surface area contributed by atoms with E-state index in [1.54, 1.807) is 12.1 Å². The van der Waals surface area contributed by atoms with E-state index in [9.17, 15) is 5.11 Å². The standard InChI is InChI=1S/C13H15ClN2O2/c1-2-4-11(17)8-12-15-13(16-18-12)9-5-3-6-10(14)7-9/h3,5-7,11,17H,2,4,8H2,1H3. The molecule has 0 aliphatic rings. The van der Waals surface area contributed by atoms with Gasteiger partial charge in [0, 0.05) is 10.6 Å². The minimum Gasteiger partial charge on any atom is -0.393 e. The van der Waals surface area contributed by atoms with Crippen molar-refractivity contribution in [3.05, 3.63) is 35.2 Å². The Morgan fingerprint density at radius 2 is 2.28 bits per heavy atom. The van der Waals surface area contributed by atoms with Crippen LogP contribution in [0.5, 0.6) is 0 Å². The van der Waals surface area contributed by atoms with Gasteiger partial charge in [0.05, 0.1) is 12.5 Å². The number of aromatic nitrogens is 2. The molecule has 1 N–H and O–H groups in total. The number of aliphatic hydroxyl groups excluding tert-OH is 1. The number of halogens is 1. The average Bonchev–Trinajstić information content (AvgIpc) is 2.78. The summed E-state index contributed by atoms with van der Waals surface area (Å²) in [5.41, 5.74) is 0.808. The fraction of sp³-hybridized carbons (Fsp3) is 0.385. The summed E-state index contributed by atoms with van der Waals surface area (Å²) in [5.74, 6) is 0.946. The predicted octanol–water partition coefficient (Wildman–Crippen LogP) is 3.09. The number of rotatable bonds is 5. The van der Waals surface area contributed by atoms with Crippen molar-refractivity contribution >= 4 is 11.6 Å². The molecule has 0 amide bonds. The molecule has 0 spiro atoms. The van der Waals surface area contributed by atoms with Crippen LogP contribution >= 0.6 is 11.6 Å². The van der Waals surface area contributed by atoms with Gasteiger partial charge in [-0.15, -0.1) is 0 Å². The van der Waals surface area contributed by atoms with E-state index in [-0.39, 0.29) is 0 Å². The Kier molecular flexibility index (Phi) is 4.33. The topological polar surface area (TPSA) is 59.2 Å². The highest BCUT2D eigenvalue weighted by Gasteiger charge is 2.12. The molecule has 1 atom stereocenters. The van der Waals surface area contributed by atoms with Crippen molar-refractivity contribution in [3.63, 3.8) is 0 Å². The SMILES string of the molecule is CCCC(O)Cc1nc(-c2cccc(Cl)c2)no1. The molecule has 1 unspecified atom stereocenters. The first-order valence-electron chi connectivity index (χ1n) is 5.95. The maximum absolute atomic E-state index is 9.68. The molecule has 1 aromatic carbocycles. The van der Waals surface area contributed by atoms with E-state index in [4.69, 9.17) is 16.1 Å². The van der Waals surface area contributed by atoms with Crippen molar-refractivity contribution in [2.45, 2.75) is 32.3 Å². The third-order valence-electron chi connectivity index (χ3n) is 2.58. The van der Waals surface area contributed by atoms with E-state index in [1.165, 1.54) is 0 Å². The van der Waals surface area contributed by atoms with E-state index in [0.717, 1.165) is 18.4 Å². The van der Waals surface area contributed by atoms with E-state index in [0.29, 0.717) is 23.2 Å². The lowest BCUT2D eigenvalue weighted by Crippen LogP contribution is -2.09. The Hall–Kier alpha value is -1.39. The molecule has 96 valence electrons. The molecule has 0 fully saturated rings. The Labute approximate surface area is 111 Å². The quantitative estimate of drug-likeness (QED) is 0.903. The van der Waals surface area contributed by atoms with Gasteiger partial charge in [0.2, 0.25) is 11.7 Å². The molecular weight excluding hydrogens is 252 g/mol. The van der Waals surface area contributed by atoms with Crippen molar-refractivity contribution in [1.82, 2.24) is 10.1 Å². The summed E-state index contributed by atoms with van der Waals surface area (Å²) in [5, 5.41) is 14.2. The number of aliphatic hydroxyl groups is 1. The Bertz CT molecular complexity index is 513. The van der Waals surface area contributed by atoms with E-state index >= 15 is 0 Å². The first kappa shape index (κ1) is 13.1. The molecule has 18 heavy (non-hydrogen) atoms. The van der Waals surface area contributed by atoms with Crippen LogP contribution in [-0.4, -0.2) is 21.4 Å². The summed E-state index contributed by atoms with van der Waals surface area (Å²) < 4.78 is 5.11. The van der Waals surface area contributed by atoms with Gasteiger partial charge < -0.3 is 9.63 Å². The van der Waals surface area contributed by atoms with Crippen LogP contribution in [0.3, 0.4) is 0 Å². The molecule has 5 heteroatoms. The highest BCUT2D eigenvalue weighted by Crippen LogP contribution is 2.20. The van der Waals surface area contributed by atoms with Crippen LogP contribution in [0.1, 0.15) is 25.7 Å². The summed E-state index contributed by atoms with van der Waals surface area (Å²) in [6.07, 6.45) is 1.62. The summed E-state index contributed by atoms with van der Waals surface area (Å²) >= 11 is 5.90. The van der Waals surface area contributed by atoms with Gasteiger partial charge >= 0.3 is 0 Å². The fourth-order valence-corrected chi connectivity index (χ4v) is 1.91. The minimum atomic E-state index is -0.428. The molecule has 0 saturated carbocycles. The third-order valence-corrected chi connectivity index (χ3v) is 2.82. The molecule has 0 radical (unpaired) electrons. The summed E-state index contributed by atoms with van der Waals surface area (Å²) in [7, 11) is 0. The van der Waals surface area contributed by atoms with Gasteiger partial charge in [-0.25, -0.2) is 0 Å². The first-order valence-corrected chi connectivity index (χ1v) is 6.33. The zero-order valence-electron chi connectivity index (χ0n) is 10.1. The van der Waals surface area contributed by atoms with E-state index < -0.39 is 6.10 Å². The van der Waals surface area contributed by atoms with Crippen LogP contribution in [0.15, 0.2) is 28.8 Å². The highest BCUT2D eigenvalue weighted by molar-refractivity contribution is 6.30. The number of hydrogen-bond acceptors (Lipinski definition) is 4. The summed E-state index contributed by atoms with van der Waals surface area (Å²) in [6.45, 7) is 2.02. The smallest absolute Gasteiger partial charge is 0.229 e. The minimum absolute atomic E-state index is 0.390. The second-order valence-corrected chi connectivity index (χ2v) is 4.61. The number of nitrogens with zero attached hydrogens (tertiary/aromatic N) is 2. The molecule has 1 heterocycles. The van der Waals surface area contributed by atoms with Gasteiger partial charge in [0.15, 0.2) is 0 Å². The Balaban J connectivity index is 2.10. The van der Waals surface area contributed by atoms with Crippen molar-refractivity contribution in [1.29, 1.82) is 0 Å². The lowest BCUT2D eigenvalue weighted by atomic mass is 10.1. The largest absolute Gasteiger partial charge is 0.393 e. The Morgan fingerprint density at radius 1 is 1.44 bits per heavy atom. The van der Waals surface area contributed by atoms with Crippen molar-refractivity contribution in [3.8, 4) is 11.4 Å². The predicted molar refractivity (Wildman–Crippen MR) is 69.4 cm³/mol. The van der Waals surface area contributed by atoms with Gasteiger partial charge in [0.25, 0.3) is 0 Å². The van der Waals surface area contributed by atoms with Crippen molar-refractivity contribution in [2.75, 3.05) is 0 Å². The van der Waals surface area contributed by atoms with Crippen LogP contribution in [0.25, 0.3) is 11.4 Å². The highest BCUT2D eigenvalue weighted by atomic mass is 35.5. The number of benzene rings is 1. The number of hydrogen-bond donors (Lipinski definition) is 1. The lowest BCUT2D eigenvalue weighted by molar-refractivity contribution is 0.152. The van der Waals surface area contributed by atoms with Crippen LogP contribution in [-0.2, 0) is 6.42 Å². The van der Waals surface area contributed by atoms with Gasteiger partial charge in [-0.1, -0.05) is 42.2 Å². The third kappa shape index (κ3) is 3.31. The maximum Gasteiger partial charge on any atom is 0.229 e. The van der Waals surface area contributed by atoms with E-state index in [1.807, 2.05) is 19.1 Å². The van der Waals surface area contributed by atoms with Gasteiger partial charge in [-0.05, 0) is 18.6 Å². The van der Waals surface area contributed by atoms with E-state index in [2.05, 4.69) is 10.1 Å². The molecule has 2 rings (SSSR count). The van der Waals surface area contributed by atoms with Gasteiger partial charge in [0.1, 0.15) is 0 Å². The molecule has 0 saturated heterocycles. The molecule has 0 aliphatic heterocycles. The second kappa shape index (κ2) is 5.98. The average molecular weight is 267 g/mol. The maximum atomic E-state index is 9.68. The van der Waals surface area contributed by atoms with Crippen molar-refractivity contribution in [2.24, 2.45) is 0 Å². The van der Waals surface area contributed by atoms with Gasteiger partial charge in [-0.2, -0.15) is 4.98 Å². The normalized spacial score (nSPS) is 12.6. The zero-order valence-corrected chi connectivity index (χ0v) is 10.9.